The van der Waals surface area contributed by atoms with Crippen molar-refractivity contribution in [2.24, 2.45) is 0 Å². The molecule has 0 atom stereocenters. The first-order valence-electron chi connectivity index (χ1n) is 10.3. The summed E-state index contributed by atoms with van der Waals surface area (Å²) in [6, 6.07) is 0. The van der Waals surface area contributed by atoms with Crippen molar-refractivity contribution in [2.75, 3.05) is 0 Å². The van der Waals surface area contributed by atoms with Gasteiger partial charge in [-0.2, -0.15) is 0 Å². The Morgan fingerprint density at radius 2 is 0.920 bits per heavy atom. The zero-order valence-electron chi connectivity index (χ0n) is 17.0. The summed E-state index contributed by atoms with van der Waals surface area (Å²) in [7, 11) is 0. The van der Waals surface area contributed by atoms with Gasteiger partial charge in [0.25, 0.3) is 5.79 Å². The van der Waals surface area contributed by atoms with Crippen molar-refractivity contribution in [3.8, 4) is 0 Å². The maximum Gasteiger partial charge on any atom is 0.309 e. The third-order valence-electron chi connectivity index (χ3n) is 4.19. The van der Waals surface area contributed by atoms with E-state index in [0.29, 0.717) is 12.8 Å². The summed E-state index contributed by atoms with van der Waals surface area (Å²) in [5.74, 6) is -1.74. The fourth-order valence-corrected chi connectivity index (χ4v) is 2.77. The van der Waals surface area contributed by atoms with Gasteiger partial charge in [-0.3, -0.25) is 9.59 Å². The highest BCUT2D eigenvalue weighted by molar-refractivity contribution is 5.71. The minimum absolute atomic E-state index is 0.283. The number of hydrogen-bond donors (Lipinski definition) is 0. The van der Waals surface area contributed by atoms with Gasteiger partial charge in [0.2, 0.25) is 0 Å². The maximum absolute atomic E-state index is 11.9. The highest BCUT2D eigenvalue weighted by Crippen LogP contribution is 2.17. The summed E-state index contributed by atoms with van der Waals surface area (Å²) in [5, 5.41) is 0. The molecule has 0 amide bonds. The molecule has 0 rings (SSSR count). The second kappa shape index (κ2) is 15.2. The van der Waals surface area contributed by atoms with E-state index >= 15 is 0 Å². The van der Waals surface area contributed by atoms with Gasteiger partial charge in [-0.05, 0) is 12.8 Å². The van der Waals surface area contributed by atoms with Crippen LogP contribution in [-0.2, 0) is 19.1 Å². The van der Waals surface area contributed by atoms with Gasteiger partial charge in [-0.15, -0.1) is 0 Å². The highest BCUT2D eigenvalue weighted by atomic mass is 16.7. The molecule has 0 radical (unpaired) electrons. The van der Waals surface area contributed by atoms with E-state index in [2.05, 4.69) is 13.8 Å². The first-order valence-corrected chi connectivity index (χ1v) is 10.3. The minimum atomic E-state index is -1.17. The van der Waals surface area contributed by atoms with E-state index in [1.54, 1.807) is 13.8 Å². The Morgan fingerprint density at radius 3 is 1.28 bits per heavy atom. The predicted octanol–water partition coefficient (Wildman–Crippen LogP) is 6.31. The Kier molecular flexibility index (Phi) is 14.6. The van der Waals surface area contributed by atoms with Crippen molar-refractivity contribution >= 4 is 11.9 Å². The molecule has 0 saturated carbocycles. The topological polar surface area (TPSA) is 52.6 Å². The summed E-state index contributed by atoms with van der Waals surface area (Å²) >= 11 is 0. The van der Waals surface area contributed by atoms with Gasteiger partial charge >= 0.3 is 11.9 Å². The maximum atomic E-state index is 11.9. The monoisotopic (exact) mass is 356 g/mol. The van der Waals surface area contributed by atoms with Crippen LogP contribution in [0.15, 0.2) is 0 Å². The molecule has 0 saturated heterocycles. The number of carbonyl (C=O) groups excluding carboxylic acids is 2. The van der Waals surface area contributed by atoms with Gasteiger partial charge in [0.05, 0.1) is 0 Å². The lowest BCUT2D eigenvalue weighted by Crippen LogP contribution is -2.33. The molecule has 0 heterocycles. The summed E-state index contributed by atoms with van der Waals surface area (Å²) in [6.45, 7) is 7.63. The SMILES string of the molecule is CCCCCCCCCC(=O)OC(C)(C)OC(=O)CCCCCCC. The lowest BCUT2D eigenvalue weighted by atomic mass is 10.1. The molecule has 0 unspecified atom stereocenters. The van der Waals surface area contributed by atoms with Gasteiger partial charge in [0, 0.05) is 26.7 Å². The van der Waals surface area contributed by atoms with Gasteiger partial charge in [-0.25, -0.2) is 0 Å². The van der Waals surface area contributed by atoms with E-state index in [1.165, 1.54) is 44.9 Å². The van der Waals surface area contributed by atoms with Crippen LogP contribution in [0.25, 0.3) is 0 Å². The Morgan fingerprint density at radius 1 is 0.600 bits per heavy atom. The first kappa shape index (κ1) is 23.9. The van der Waals surface area contributed by atoms with E-state index in [0.717, 1.165) is 32.1 Å². The summed E-state index contributed by atoms with van der Waals surface area (Å²) in [5.41, 5.74) is 0. The van der Waals surface area contributed by atoms with E-state index in [9.17, 15) is 9.59 Å². The van der Waals surface area contributed by atoms with Crippen LogP contribution in [0.2, 0.25) is 0 Å². The molecular formula is C21H40O4. The largest absolute Gasteiger partial charge is 0.423 e. The Labute approximate surface area is 155 Å². The van der Waals surface area contributed by atoms with Gasteiger partial charge in [-0.1, -0.05) is 78.1 Å². The first-order chi connectivity index (χ1) is 11.9. The van der Waals surface area contributed by atoms with Crippen LogP contribution < -0.4 is 0 Å². The third-order valence-corrected chi connectivity index (χ3v) is 4.19. The average Bonchev–Trinajstić information content (AvgIpc) is 2.52. The molecule has 4 nitrogen and oxygen atoms in total. The van der Waals surface area contributed by atoms with Crippen LogP contribution >= 0.6 is 0 Å². The smallest absolute Gasteiger partial charge is 0.309 e. The standard InChI is InChI=1S/C21H40O4/c1-5-7-9-11-12-14-16-18-20(23)25-21(3,4)24-19(22)17-15-13-10-8-6-2/h5-18H2,1-4H3. The highest BCUT2D eigenvalue weighted by Gasteiger charge is 2.26. The van der Waals surface area contributed by atoms with E-state index < -0.39 is 5.79 Å². The molecule has 25 heavy (non-hydrogen) atoms. The molecule has 0 aliphatic rings. The zero-order chi connectivity index (χ0) is 19.0. The Balaban J connectivity index is 3.78. The summed E-state index contributed by atoms with van der Waals surface area (Å²) in [4.78, 5) is 23.7. The van der Waals surface area contributed by atoms with Crippen molar-refractivity contribution < 1.29 is 19.1 Å². The summed E-state index contributed by atoms with van der Waals surface area (Å²) in [6.07, 6.45) is 14.3. The fraction of sp³-hybridized carbons (Fsp3) is 0.905. The predicted molar refractivity (Wildman–Crippen MR) is 102 cm³/mol. The number of unbranched alkanes of at least 4 members (excludes halogenated alkanes) is 10. The normalized spacial score (nSPS) is 11.4. The molecule has 0 N–H and O–H groups in total. The molecule has 0 aromatic carbocycles. The average molecular weight is 357 g/mol. The van der Waals surface area contributed by atoms with E-state index in [-0.39, 0.29) is 11.9 Å². The Hall–Kier alpha value is -1.06. The quantitative estimate of drug-likeness (QED) is 0.185. The van der Waals surface area contributed by atoms with Crippen LogP contribution in [0.1, 0.15) is 118 Å². The molecule has 0 aromatic heterocycles. The van der Waals surface area contributed by atoms with Crippen molar-refractivity contribution in [2.45, 2.75) is 123 Å². The minimum Gasteiger partial charge on any atom is -0.423 e. The van der Waals surface area contributed by atoms with Crippen molar-refractivity contribution in [3.63, 3.8) is 0 Å². The second-order valence-corrected chi connectivity index (χ2v) is 7.38. The number of rotatable bonds is 16. The van der Waals surface area contributed by atoms with Crippen molar-refractivity contribution in [1.82, 2.24) is 0 Å². The van der Waals surface area contributed by atoms with Crippen LogP contribution in [0.3, 0.4) is 0 Å². The fourth-order valence-electron chi connectivity index (χ4n) is 2.77. The number of carbonyl (C=O) groups is 2. The second-order valence-electron chi connectivity index (χ2n) is 7.38. The molecule has 0 bridgehead atoms. The van der Waals surface area contributed by atoms with Gasteiger partial charge in [0.1, 0.15) is 0 Å². The lowest BCUT2D eigenvalue weighted by molar-refractivity contribution is -0.216. The summed E-state index contributed by atoms with van der Waals surface area (Å²) < 4.78 is 10.6. The molecule has 0 fully saturated rings. The van der Waals surface area contributed by atoms with Crippen molar-refractivity contribution in [3.05, 3.63) is 0 Å². The van der Waals surface area contributed by atoms with Crippen LogP contribution in [0, 0.1) is 0 Å². The molecule has 148 valence electrons. The number of ether oxygens (including phenoxy) is 2. The lowest BCUT2D eigenvalue weighted by Gasteiger charge is -2.25. The molecule has 4 heteroatoms. The van der Waals surface area contributed by atoms with Gasteiger partial charge in [0.15, 0.2) is 0 Å². The molecule has 0 aliphatic heterocycles. The number of esters is 2. The zero-order valence-corrected chi connectivity index (χ0v) is 17.0. The third kappa shape index (κ3) is 16.2. The molecular weight excluding hydrogens is 316 g/mol. The van der Waals surface area contributed by atoms with Crippen LogP contribution in [0.4, 0.5) is 0 Å². The molecule has 0 aliphatic carbocycles. The van der Waals surface area contributed by atoms with Crippen molar-refractivity contribution in [1.29, 1.82) is 0 Å². The van der Waals surface area contributed by atoms with E-state index in [4.69, 9.17) is 9.47 Å². The number of hydrogen-bond acceptors (Lipinski definition) is 4. The van der Waals surface area contributed by atoms with E-state index in [1.807, 2.05) is 0 Å². The van der Waals surface area contributed by atoms with Crippen LogP contribution in [0.5, 0.6) is 0 Å². The Bertz CT molecular complexity index is 350. The molecule has 0 aromatic rings. The van der Waals surface area contributed by atoms with Crippen LogP contribution in [-0.4, -0.2) is 17.7 Å². The molecule has 0 spiro atoms. The van der Waals surface area contributed by atoms with Gasteiger partial charge < -0.3 is 9.47 Å².